The number of amides is 2. The average molecular weight is 591 g/mol. The van der Waals surface area contributed by atoms with Crippen LogP contribution in [-0.2, 0) is 19.1 Å². The molecule has 3 saturated carbocycles. The molecule has 4 aliphatic rings. The highest BCUT2D eigenvalue weighted by atomic mass is 16.7. The Morgan fingerprint density at radius 2 is 1.91 bits per heavy atom. The molecule has 4 N–H and O–H groups in total. The standard InChI is InChI=1S/C29H33N5O4.C2H6.CH3NO/c1-18-15-30-25(33-27(35)21-14-28(21)8-4-9-28)13-23(18)32-22-6-3-5-20(26(22)36-2)19-16-31-34(17-19)24-7-10-29(24)37-11-12-38-29;1-2;2-1-3/h3,5-6,13,15-17,21,24H,4,7-12,14H2,1-2H3,(H2,30,32,33,35);1-2H3;1H,(H2,2,3). The number of carbonyl (C=O) groups is 2. The lowest BCUT2D eigenvalue weighted by Gasteiger charge is -2.44. The van der Waals surface area contributed by atoms with Crippen LogP contribution in [0.2, 0.25) is 0 Å². The van der Waals surface area contributed by atoms with Gasteiger partial charge < -0.3 is 30.6 Å². The van der Waals surface area contributed by atoms with Gasteiger partial charge in [-0.3, -0.25) is 14.3 Å². The minimum Gasteiger partial charge on any atom is -0.494 e. The second-order valence-corrected chi connectivity index (χ2v) is 11.3. The van der Waals surface area contributed by atoms with Gasteiger partial charge >= 0.3 is 0 Å². The number of anilines is 3. The van der Waals surface area contributed by atoms with Gasteiger partial charge in [0, 0.05) is 47.6 Å². The Bertz CT molecular complexity index is 1450. The summed E-state index contributed by atoms with van der Waals surface area (Å²) in [6.45, 7) is 7.26. The molecule has 1 aromatic carbocycles. The van der Waals surface area contributed by atoms with Crippen molar-refractivity contribution in [1.82, 2.24) is 14.8 Å². The van der Waals surface area contributed by atoms with E-state index < -0.39 is 5.79 Å². The Morgan fingerprint density at radius 3 is 2.51 bits per heavy atom. The minimum atomic E-state index is -0.527. The Hall–Kier alpha value is -3.96. The second-order valence-electron chi connectivity index (χ2n) is 11.3. The highest BCUT2D eigenvalue weighted by molar-refractivity contribution is 5.95. The van der Waals surface area contributed by atoms with E-state index in [1.165, 1.54) is 19.3 Å². The van der Waals surface area contributed by atoms with Gasteiger partial charge in [-0.05, 0) is 49.7 Å². The zero-order valence-electron chi connectivity index (χ0n) is 25.4. The number of carbonyl (C=O) groups excluding carboxylic acids is 2. The van der Waals surface area contributed by atoms with Crippen LogP contribution in [0.4, 0.5) is 17.2 Å². The van der Waals surface area contributed by atoms with Gasteiger partial charge in [0.2, 0.25) is 12.3 Å². The Labute approximate surface area is 252 Å². The van der Waals surface area contributed by atoms with Crippen molar-refractivity contribution in [3.8, 4) is 16.9 Å². The summed E-state index contributed by atoms with van der Waals surface area (Å²) in [5, 5.41) is 11.2. The summed E-state index contributed by atoms with van der Waals surface area (Å²) in [4.78, 5) is 25.8. The maximum absolute atomic E-state index is 12.8. The van der Waals surface area contributed by atoms with E-state index in [-0.39, 0.29) is 29.7 Å². The first kappa shape index (κ1) is 30.5. The van der Waals surface area contributed by atoms with Crippen molar-refractivity contribution in [2.24, 2.45) is 17.1 Å². The van der Waals surface area contributed by atoms with E-state index >= 15 is 0 Å². The highest BCUT2D eigenvalue weighted by Gasteiger charge is 2.61. The zero-order valence-corrected chi connectivity index (χ0v) is 25.4. The number of pyridine rings is 1. The van der Waals surface area contributed by atoms with Crippen molar-refractivity contribution in [1.29, 1.82) is 0 Å². The molecule has 2 aromatic heterocycles. The number of hydrogen-bond acceptors (Lipinski definition) is 8. The lowest BCUT2D eigenvalue weighted by atomic mass is 9.80. The molecule has 3 heterocycles. The van der Waals surface area contributed by atoms with Gasteiger partial charge in [0.15, 0.2) is 5.79 Å². The normalized spacial score (nSPS) is 21.7. The van der Waals surface area contributed by atoms with Crippen molar-refractivity contribution in [2.45, 2.75) is 71.1 Å². The van der Waals surface area contributed by atoms with Crippen molar-refractivity contribution in [3.63, 3.8) is 0 Å². The predicted molar refractivity (Wildman–Crippen MR) is 164 cm³/mol. The largest absolute Gasteiger partial charge is 0.494 e. The number of ether oxygens (including phenoxy) is 3. The number of aromatic nitrogens is 3. The summed E-state index contributed by atoms with van der Waals surface area (Å²) in [5.74, 6) is 0.975. The smallest absolute Gasteiger partial charge is 0.229 e. The molecule has 0 bridgehead atoms. The SMILES string of the molecule is CC.COc1c(Nc2cc(NC(=O)C3CC34CCC4)ncc2C)cccc1-c1cnn(C2CCC23OCCO3)c1.NC=O. The van der Waals surface area contributed by atoms with Gasteiger partial charge in [-0.1, -0.05) is 32.4 Å². The number of nitrogens with one attached hydrogen (secondary N) is 2. The van der Waals surface area contributed by atoms with Gasteiger partial charge in [-0.25, -0.2) is 4.98 Å². The van der Waals surface area contributed by atoms with Crippen LogP contribution >= 0.6 is 0 Å². The summed E-state index contributed by atoms with van der Waals surface area (Å²) in [5.41, 5.74) is 9.00. The van der Waals surface area contributed by atoms with Gasteiger partial charge in [-0.2, -0.15) is 5.10 Å². The molecule has 11 heteroatoms. The monoisotopic (exact) mass is 590 g/mol. The molecule has 3 aliphatic carbocycles. The van der Waals surface area contributed by atoms with Crippen LogP contribution in [-0.4, -0.2) is 53.2 Å². The number of aryl methyl sites for hydroxylation is 1. The zero-order chi connectivity index (χ0) is 30.6. The molecule has 2 atom stereocenters. The maximum Gasteiger partial charge on any atom is 0.229 e. The Kier molecular flexibility index (Phi) is 9.03. The number of rotatable bonds is 7. The van der Waals surface area contributed by atoms with Crippen LogP contribution < -0.4 is 21.1 Å². The van der Waals surface area contributed by atoms with Gasteiger partial charge in [0.05, 0.1) is 32.2 Å². The van der Waals surface area contributed by atoms with E-state index in [0.29, 0.717) is 19.0 Å². The predicted octanol–water partition coefficient (Wildman–Crippen LogP) is 5.34. The molecule has 11 nitrogen and oxygen atoms in total. The summed E-state index contributed by atoms with van der Waals surface area (Å²) in [6.07, 6.45) is 12.4. The molecule has 2 unspecified atom stereocenters. The van der Waals surface area contributed by atoms with Crippen LogP contribution in [0.3, 0.4) is 0 Å². The Balaban J connectivity index is 0.000000695. The third-order valence-electron chi connectivity index (χ3n) is 8.98. The third kappa shape index (κ3) is 5.83. The van der Waals surface area contributed by atoms with E-state index in [4.69, 9.17) is 19.0 Å². The van der Waals surface area contributed by atoms with E-state index in [1.54, 1.807) is 13.3 Å². The number of methoxy groups -OCH3 is 1. The van der Waals surface area contributed by atoms with Gasteiger partial charge in [0.1, 0.15) is 17.6 Å². The molecule has 2 amide bonds. The van der Waals surface area contributed by atoms with Crippen LogP contribution in [0, 0.1) is 18.3 Å². The first-order chi connectivity index (χ1) is 20.9. The number of primary amides is 1. The van der Waals surface area contributed by atoms with Gasteiger partial charge in [0.25, 0.3) is 0 Å². The Morgan fingerprint density at radius 1 is 1.16 bits per heavy atom. The van der Waals surface area contributed by atoms with Crippen LogP contribution in [0.1, 0.15) is 64.0 Å². The molecule has 1 saturated heterocycles. The fourth-order valence-corrected chi connectivity index (χ4v) is 6.37. The topological polar surface area (TPSA) is 143 Å². The fourth-order valence-electron chi connectivity index (χ4n) is 6.37. The number of hydrogen-bond donors (Lipinski definition) is 3. The number of benzene rings is 1. The summed E-state index contributed by atoms with van der Waals surface area (Å²) < 4.78 is 19.7. The van der Waals surface area contributed by atoms with Crippen LogP contribution in [0.25, 0.3) is 11.1 Å². The summed E-state index contributed by atoms with van der Waals surface area (Å²) >= 11 is 0. The first-order valence-corrected chi connectivity index (χ1v) is 15.1. The van der Waals surface area contributed by atoms with E-state index in [1.807, 2.05) is 62.1 Å². The van der Waals surface area contributed by atoms with Gasteiger partial charge in [-0.15, -0.1) is 0 Å². The summed E-state index contributed by atoms with van der Waals surface area (Å²) in [6, 6.07) is 7.98. The fraction of sp³-hybridized carbons (Fsp3) is 0.500. The van der Waals surface area contributed by atoms with Crippen LogP contribution in [0.5, 0.6) is 5.75 Å². The van der Waals surface area contributed by atoms with Crippen molar-refractivity contribution < 1.29 is 23.8 Å². The van der Waals surface area contributed by atoms with Crippen molar-refractivity contribution in [3.05, 3.63) is 48.4 Å². The molecule has 230 valence electrons. The minimum absolute atomic E-state index is 0.0777. The lowest BCUT2D eigenvalue weighted by Crippen LogP contribution is -2.49. The number of nitrogens with zero attached hydrogens (tertiary/aromatic N) is 3. The molecule has 1 aliphatic heterocycles. The molecule has 43 heavy (non-hydrogen) atoms. The van der Waals surface area contributed by atoms with E-state index in [2.05, 4.69) is 26.4 Å². The molecule has 2 spiro atoms. The highest BCUT2D eigenvalue weighted by Crippen LogP contribution is 2.65. The average Bonchev–Trinajstić information content (AvgIpc) is 3.29. The number of para-hydroxylation sites is 1. The van der Waals surface area contributed by atoms with E-state index in [9.17, 15) is 4.79 Å². The second kappa shape index (κ2) is 12.7. The molecule has 0 radical (unpaired) electrons. The third-order valence-corrected chi connectivity index (χ3v) is 8.98. The molecule has 4 fully saturated rings. The summed E-state index contributed by atoms with van der Waals surface area (Å²) in [7, 11) is 1.67. The number of nitrogens with two attached hydrogens (primary N) is 1. The van der Waals surface area contributed by atoms with Crippen molar-refractivity contribution in [2.75, 3.05) is 31.0 Å². The maximum atomic E-state index is 12.8. The van der Waals surface area contributed by atoms with E-state index in [0.717, 1.165) is 53.1 Å². The van der Waals surface area contributed by atoms with Crippen molar-refractivity contribution >= 4 is 29.5 Å². The lowest BCUT2D eigenvalue weighted by molar-refractivity contribution is -0.242. The molecular weight excluding hydrogens is 548 g/mol. The van der Waals surface area contributed by atoms with Crippen LogP contribution in [0.15, 0.2) is 42.9 Å². The molecule has 3 aromatic rings. The molecule has 7 rings (SSSR count). The quantitative estimate of drug-likeness (QED) is 0.313. The first-order valence-electron chi connectivity index (χ1n) is 15.1. The molecular formula is C32H42N6O5.